The summed E-state index contributed by atoms with van der Waals surface area (Å²) in [6.45, 7) is 9.89. The van der Waals surface area contributed by atoms with Crippen molar-refractivity contribution in [2.75, 3.05) is 6.61 Å². The number of carbonyl (C=O) groups excluding carboxylic acids is 1. The van der Waals surface area contributed by atoms with E-state index in [9.17, 15) is 4.79 Å². The summed E-state index contributed by atoms with van der Waals surface area (Å²) in [5.41, 5.74) is 0.163. The van der Waals surface area contributed by atoms with Gasteiger partial charge in [0, 0.05) is 11.8 Å². The molecule has 0 fully saturated rings. The topological polar surface area (TPSA) is 26.3 Å². The van der Waals surface area contributed by atoms with Gasteiger partial charge >= 0.3 is 5.97 Å². The Morgan fingerprint density at radius 1 is 0.436 bits per heavy atom. The summed E-state index contributed by atoms with van der Waals surface area (Å²) in [5, 5.41) is 0. The van der Waals surface area contributed by atoms with Gasteiger partial charge in [-0.1, -0.05) is 195 Å². The van der Waals surface area contributed by atoms with E-state index in [2.05, 4.69) is 27.7 Å². The van der Waals surface area contributed by atoms with Crippen LogP contribution in [-0.4, -0.2) is 12.6 Å². The minimum Gasteiger partial charge on any atom is -0.465 e. The number of hydrogen-bond acceptors (Lipinski definition) is 2. The highest BCUT2D eigenvalue weighted by molar-refractivity contribution is 5.69. The number of unbranched alkanes of at least 4 members (excludes halogenated alkanes) is 24. The Morgan fingerprint density at radius 2 is 0.718 bits per heavy atom. The van der Waals surface area contributed by atoms with Crippen LogP contribution in [0.5, 0.6) is 0 Å². The number of rotatable bonds is 32. The third-order valence-electron chi connectivity index (χ3n) is 8.83. The zero-order chi connectivity index (χ0) is 28.7. The van der Waals surface area contributed by atoms with Crippen molar-refractivity contribution < 1.29 is 9.53 Å². The van der Waals surface area contributed by atoms with Crippen molar-refractivity contribution in [3.8, 4) is 0 Å². The van der Waals surface area contributed by atoms with Gasteiger partial charge in [0.2, 0.25) is 0 Å². The van der Waals surface area contributed by atoms with Crippen molar-refractivity contribution in [3.05, 3.63) is 0 Å². The largest absolute Gasteiger partial charge is 0.465 e. The summed E-state index contributed by atoms with van der Waals surface area (Å²) in [5.74, 6) is 0.0446. The molecule has 234 valence electrons. The summed E-state index contributed by atoms with van der Waals surface area (Å²) in [7, 11) is 0. The molecule has 0 amide bonds. The molecule has 0 heterocycles. The summed E-state index contributed by atoms with van der Waals surface area (Å²) < 4.78 is 5.91. The van der Waals surface area contributed by atoms with Gasteiger partial charge in [0.1, 0.15) is 0 Å². The molecular weight excluding hydrogens is 476 g/mol. The van der Waals surface area contributed by atoms with Crippen LogP contribution in [0.4, 0.5) is 0 Å². The van der Waals surface area contributed by atoms with Gasteiger partial charge in [-0.05, 0) is 19.3 Å². The predicted octanol–water partition coefficient (Wildman–Crippen LogP) is 13.3. The van der Waals surface area contributed by atoms with Gasteiger partial charge < -0.3 is 4.74 Å². The van der Waals surface area contributed by atoms with Gasteiger partial charge in [0.05, 0.1) is 6.61 Å². The van der Waals surface area contributed by atoms with Crippen LogP contribution >= 0.6 is 0 Å². The number of ether oxygens (including phenoxy) is 1. The van der Waals surface area contributed by atoms with Crippen molar-refractivity contribution in [2.45, 2.75) is 220 Å². The molecule has 1 atom stereocenters. The van der Waals surface area contributed by atoms with E-state index >= 15 is 0 Å². The Morgan fingerprint density at radius 3 is 1.05 bits per heavy atom. The third-order valence-corrected chi connectivity index (χ3v) is 8.83. The van der Waals surface area contributed by atoms with Crippen LogP contribution in [0.15, 0.2) is 0 Å². The molecule has 0 aliphatic carbocycles. The molecule has 0 saturated heterocycles. The second-order valence-electron chi connectivity index (χ2n) is 13.2. The summed E-state index contributed by atoms with van der Waals surface area (Å²) >= 11 is 0. The molecule has 0 radical (unpaired) electrons. The highest BCUT2D eigenvalue weighted by Gasteiger charge is 2.25. The van der Waals surface area contributed by atoms with E-state index < -0.39 is 0 Å². The van der Waals surface area contributed by atoms with Crippen LogP contribution in [0.3, 0.4) is 0 Å². The number of esters is 1. The molecular formula is C37H74O2. The predicted molar refractivity (Wildman–Crippen MR) is 175 cm³/mol. The molecule has 1 unspecified atom stereocenters. The molecule has 0 aromatic carbocycles. The van der Waals surface area contributed by atoms with Crippen molar-refractivity contribution in [1.29, 1.82) is 0 Å². The molecule has 0 aromatic rings. The maximum absolute atomic E-state index is 12.5. The van der Waals surface area contributed by atoms with Crippen molar-refractivity contribution in [1.82, 2.24) is 0 Å². The first-order chi connectivity index (χ1) is 19.1. The Bertz CT molecular complexity index is 488. The Kier molecular flexibility index (Phi) is 30.0. The molecule has 2 heteroatoms. The first kappa shape index (κ1) is 38.5. The van der Waals surface area contributed by atoms with E-state index in [1.165, 1.54) is 180 Å². The molecule has 0 saturated carbocycles. The fourth-order valence-electron chi connectivity index (χ4n) is 5.90. The van der Waals surface area contributed by atoms with Gasteiger partial charge in [0.15, 0.2) is 0 Å². The van der Waals surface area contributed by atoms with Gasteiger partial charge in [-0.25, -0.2) is 0 Å². The van der Waals surface area contributed by atoms with Gasteiger partial charge in [-0.2, -0.15) is 0 Å². The van der Waals surface area contributed by atoms with Gasteiger partial charge in [-0.3, -0.25) is 4.79 Å². The Labute approximate surface area is 247 Å². The van der Waals surface area contributed by atoms with Crippen molar-refractivity contribution in [2.24, 2.45) is 5.41 Å². The fourth-order valence-corrected chi connectivity index (χ4v) is 5.90. The highest BCUT2D eigenvalue weighted by atomic mass is 16.5. The van der Waals surface area contributed by atoms with E-state index in [0.717, 1.165) is 6.42 Å². The average molecular weight is 551 g/mol. The van der Waals surface area contributed by atoms with Crippen LogP contribution in [0.2, 0.25) is 0 Å². The van der Waals surface area contributed by atoms with E-state index in [1.54, 1.807) is 0 Å². The lowest BCUT2D eigenvalue weighted by molar-refractivity contribution is -0.147. The quantitative estimate of drug-likeness (QED) is 0.0615. The third kappa shape index (κ3) is 28.8. The minimum atomic E-state index is 0.0446. The zero-order valence-corrected chi connectivity index (χ0v) is 27.7. The Hall–Kier alpha value is -0.530. The number of carbonyl (C=O) groups is 1. The lowest BCUT2D eigenvalue weighted by Gasteiger charge is -2.29. The molecule has 0 spiro atoms. The second-order valence-corrected chi connectivity index (χ2v) is 13.2. The summed E-state index contributed by atoms with van der Waals surface area (Å²) in [4.78, 5) is 12.5. The Balaban J connectivity index is 4.19. The van der Waals surface area contributed by atoms with E-state index in [4.69, 9.17) is 4.74 Å². The summed E-state index contributed by atoms with van der Waals surface area (Å²) in [6.07, 6.45) is 39.4. The van der Waals surface area contributed by atoms with Crippen LogP contribution in [0.1, 0.15) is 220 Å². The molecule has 0 aromatic heterocycles. The van der Waals surface area contributed by atoms with Crippen LogP contribution in [0.25, 0.3) is 0 Å². The molecule has 0 bridgehead atoms. The molecule has 0 N–H and O–H groups in total. The normalized spacial score (nSPS) is 13.0. The molecule has 2 nitrogen and oxygen atoms in total. The average Bonchev–Trinajstić information content (AvgIpc) is 2.93. The van der Waals surface area contributed by atoms with Crippen LogP contribution < -0.4 is 0 Å². The maximum atomic E-state index is 12.5. The second kappa shape index (κ2) is 30.4. The fraction of sp³-hybridized carbons (Fsp3) is 0.973. The van der Waals surface area contributed by atoms with Crippen LogP contribution in [0, 0.1) is 5.41 Å². The van der Waals surface area contributed by atoms with Gasteiger partial charge in [-0.15, -0.1) is 0 Å². The lowest BCUT2D eigenvalue weighted by atomic mass is 9.80. The SMILES string of the molecule is CCCCCCCCCCCCC(C)(CCCCCCCCCC)COC(=O)CCCCCCCCCCC. The van der Waals surface area contributed by atoms with E-state index in [1.807, 2.05) is 0 Å². The minimum absolute atomic E-state index is 0.0446. The van der Waals surface area contributed by atoms with Crippen LogP contribution in [-0.2, 0) is 9.53 Å². The monoisotopic (exact) mass is 551 g/mol. The molecule has 0 aliphatic rings. The van der Waals surface area contributed by atoms with E-state index in [0.29, 0.717) is 13.0 Å². The lowest BCUT2D eigenvalue weighted by Crippen LogP contribution is -2.25. The summed E-state index contributed by atoms with van der Waals surface area (Å²) in [6, 6.07) is 0. The smallest absolute Gasteiger partial charge is 0.305 e. The highest BCUT2D eigenvalue weighted by Crippen LogP contribution is 2.32. The molecule has 39 heavy (non-hydrogen) atoms. The van der Waals surface area contributed by atoms with Crippen molar-refractivity contribution >= 4 is 5.97 Å². The standard InChI is InChI=1S/C37H74O2/c1-5-8-11-14-17-20-22-25-28-31-34-37(4,33-30-27-24-19-16-13-10-7-3)35-39-36(38)32-29-26-23-21-18-15-12-9-6-2/h5-35H2,1-4H3. The molecule has 0 aliphatic heterocycles. The zero-order valence-electron chi connectivity index (χ0n) is 27.7. The van der Waals surface area contributed by atoms with Gasteiger partial charge in [0.25, 0.3) is 0 Å². The first-order valence-electron chi connectivity index (χ1n) is 18.2. The van der Waals surface area contributed by atoms with Crippen molar-refractivity contribution in [3.63, 3.8) is 0 Å². The number of hydrogen-bond donors (Lipinski definition) is 0. The molecule has 0 rings (SSSR count). The van der Waals surface area contributed by atoms with E-state index in [-0.39, 0.29) is 11.4 Å². The first-order valence-corrected chi connectivity index (χ1v) is 18.2. The maximum Gasteiger partial charge on any atom is 0.305 e.